The summed E-state index contributed by atoms with van der Waals surface area (Å²) in [4.78, 5) is 28.2. The molecule has 5 aromatic rings. The lowest BCUT2D eigenvalue weighted by atomic mass is 10.1. The Morgan fingerprint density at radius 1 is 0.725 bits per heavy atom. The van der Waals surface area contributed by atoms with Crippen molar-refractivity contribution >= 4 is 51.8 Å². The van der Waals surface area contributed by atoms with Gasteiger partial charge in [-0.15, -0.1) is 0 Å². The van der Waals surface area contributed by atoms with Gasteiger partial charge in [0.1, 0.15) is 22.8 Å². The molecule has 1 aliphatic rings. The highest BCUT2D eigenvalue weighted by atomic mass is 32.1. The van der Waals surface area contributed by atoms with Crippen LogP contribution in [0.5, 0.6) is 23.1 Å². The van der Waals surface area contributed by atoms with Gasteiger partial charge in [-0.3, -0.25) is 19.8 Å². The van der Waals surface area contributed by atoms with Crippen LogP contribution in [0, 0.1) is 0 Å². The third kappa shape index (κ3) is 4.72. The zero-order valence-corrected chi connectivity index (χ0v) is 22.2. The van der Waals surface area contributed by atoms with E-state index < -0.39 is 11.8 Å². The number of nitrogens with one attached hydrogen (secondary N) is 1. The second-order valence-electron chi connectivity index (χ2n) is 9.08. The minimum atomic E-state index is -0.575. The molecular weight excluding hydrogens is 522 g/mol. The van der Waals surface area contributed by atoms with Gasteiger partial charge in [-0.05, 0) is 72.9 Å². The van der Waals surface area contributed by atoms with Crippen LogP contribution in [0.1, 0.15) is 5.56 Å². The van der Waals surface area contributed by atoms with Gasteiger partial charge in [0, 0.05) is 18.0 Å². The molecule has 1 N–H and O–H groups in total. The Morgan fingerprint density at radius 2 is 1.30 bits per heavy atom. The lowest BCUT2D eigenvalue weighted by Gasteiger charge is -2.29. The van der Waals surface area contributed by atoms with Crippen molar-refractivity contribution in [3.05, 3.63) is 120 Å². The fourth-order valence-electron chi connectivity index (χ4n) is 4.59. The zero-order chi connectivity index (χ0) is 27.6. The summed E-state index contributed by atoms with van der Waals surface area (Å²) in [6.45, 7) is 0. The van der Waals surface area contributed by atoms with Crippen molar-refractivity contribution in [1.82, 2.24) is 9.88 Å². The third-order valence-electron chi connectivity index (χ3n) is 6.51. The number of rotatable bonds is 6. The number of thiocarbonyl (C=S) groups is 1. The van der Waals surface area contributed by atoms with E-state index in [4.69, 9.17) is 21.7 Å². The average Bonchev–Trinajstić information content (AvgIpc) is 3.23. The van der Waals surface area contributed by atoms with Gasteiger partial charge < -0.3 is 14.0 Å². The van der Waals surface area contributed by atoms with E-state index in [1.165, 1.54) is 4.90 Å². The number of ether oxygens (including phenoxy) is 2. The van der Waals surface area contributed by atoms with E-state index in [9.17, 15) is 9.59 Å². The smallest absolute Gasteiger partial charge is 0.270 e. The normalized spacial score (nSPS) is 14.5. The number of aromatic nitrogens is 1. The van der Waals surface area contributed by atoms with E-state index in [0.29, 0.717) is 34.4 Å². The third-order valence-corrected chi connectivity index (χ3v) is 6.80. The van der Waals surface area contributed by atoms with Crippen LogP contribution >= 0.6 is 12.2 Å². The molecule has 0 unspecified atom stereocenters. The SMILES string of the molecule is Cn1c(Oc2ccccc2)c(C=C2C(=O)NC(=S)N(c3ccc(Oc4ccccc4)cc3)C2=O)c2ccccc21. The largest absolute Gasteiger partial charge is 0.457 e. The first-order valence-corrected chi connectivity index (χ1v) is 12.9. The van der Waals surface area contributed by atoms with Crippen LogP contribution in [0.4, 0.5) is 5.69 Å². The van der Waals surface area contributed by atoms with Gasteiger partial charge in [0.25, 0.3) is 11.8 Å². The molecule has 7 nitrogen and oxygen atoms in total. The number of amides is 2. The molecule has 0 saturated carbocycles. The van der Waals surface area contributed by atoms with Gasteiger partial charge >= 0.3 is 0 Å². The first-order valence-electron chi connectivity index (χ1n) is 12.5. The lowest BCUT2D eigenvalue weighted by Crippen LogP contribution is -2.54. The molecule has 4 aromatic carbocycles. The molecule has 0 aliphatic carbocycles. The number of anilines is 1. The predicted octanol–water partition coefficient (Wildman–Crippen LogP) is 6.59. The Balaban J connectivity index is 1.37. The number of carbonyl (C=O) groups is 2. The molecule has 2 heterocycles. The van der Waals surface area contributed by atoms with Crippen molar-refractivity contribution < 1.29 is 19.1 Å². The first kappa shape index (κ1) is 25.1. The summed E-state index contributed by atoms with van der Waals surface area (Å²) in [7, 11) is 1.88. The van der Waals surface area contributed by atoms with Crippen LogP contribution in [0.2, 0.25) is 0 Å². The summed E-state index contributed by atoms with van der Waals surface area (Å²) in [6, 6.07) is 33.4. The Hall–Kier alpha value is -5.21. The Bertz CT molecular complexity index is 1780. The molecule has 0 spiro atoms. The van der Waals surface area contributed by atoms with Crippen LogP contribution < -0.4 is 19.7 Å². The van der Waals surface area contributed by atoms with E-state index >= 15 is 0 Å². The highest BCUT2D eigenvalue weighted by molar-refractivity contribution is 7.80. The standard InChI is InChI=1S/C32H23N3O4S/c1-34-28-15-9-8-14-25(28)26(31(34)39-23-12-6-3-7-13-23)20-27-29(36)33-32(40)35(30(27)37)21-16-18-24(19-17-21)38-22-10-4-2-5-11-22/h2-20H,1H3,(H,33,36,40). The van der Waals surface area contributed by atoms with Crippen molar-refractivity contribution in [3.63, 3.8) is 0 Å². The molecule has 8 heteroatoms. The zero-order valence-electron chi connectivity index (χ0n) is 21.4. The summed E-state index contributed by atoms with van der Waals surface area (Å²) in [5.41, 5.74) is 1.94. The van der Waals surface area contributed by atoms with Gasteiger partial charge in [0.05, 0.1) is 11.2 Å². The number of para-hydroxylation sites is 3. The van der Waals surface area contributed by atoms with Crippen molar-refractivity contribution in [3.8, 4) is 23.1 Å². The Kier molecular flexibility index (Phi) is 6.59. The highest BCUT2D eigenvalue weighted by Crippen LogP contribution is 2.37. The van der Waals surface area contributed by atoms with Gasteiger partial charge in [-0.1, -0.05) is 54.6 Å². The van der Waals surface area contributed by atoms with E-state index in [1.807, 2.05) is 96.5 Å². The molecule has 2 amide bonds. The number of aryl methyl sites for hydroxylation is 1. The molecule has 1 aliphatic heterocycles. The van der Waals surface area contributed by atoms with E-state index in [1.54, 1.807) is 30.3 Å². The number of carbonyl (C=O) groups excluding carboxylic acids is 2. The minimum absolute atomic E-state index is 0.00237. The molecule has 0 atom stereocenters. The predicted molar refractivity (Wildman–Crippen MR) is 159 cm³/mol. The highest BCUT2D eigenvalue weighted by Gasteiger charge is 2.35. The van der Waals surface area contributed by atoms with Gasteiger partial charge in [0.15, 0.2) is 5.11 Å². The quantitative estimate of drug-likeness (QED) is 0.148. The molecule has 40 heavy (non-hydrogen) atoms. The molecule has 0 radical (unpaired) electrons. The molecule has 196 valence electrons. The summed E-state index contributed by atoms with van der Waals surface area (Å²) in [6.07, 6.45) is 1.57. The Morgan fingerprint density at radius 3 is 1.98 bits per heavy atom. The maximum absolute atomic E-state index is 13.8. The topological polar surface area (TPSA) is 72.8 Å². The Labute approximate surface area is 235 Å². The van der Waals surface area contributed by atoms with Crippen molar-refractivity contribution in [2.75, 3.05) is 4.90 Å². The van der Waals surface area contributed by atoms with Crippen LogP contribution in [0.25, 0.3) is 17.0 Å². The second kappa shape index (κ2) is 10.5. The number of fused-ring (bicyclic) bond motifs is 1. The summed E-state index contributed by atoms with van der Waals surface area (Å²) in [5.74, 6) is 1.32. The number of nitrogens with zero attached hydrogens (tertiary/aromatic N) is 2. The lowest BCUT2D eigenvalue weighted by molar-refractivity contribution is -0.122. The van der Waals surface area contributed by atoms with Crippen LogP contribution in [-0.4, -0.2) is 21.5 Å². The van der Waals surface area contributed by atoms with Crippen LogP contribution in [0.3, 0.4) is 0 Å². The fraction of sp³-hybridized carbons (Fsp3) is 0.0312. The van der Waals surface area contributed by atoms with Gasteiger partial charge in [-0.2, -0.15) is 0 Å². The van der Waals surface area contributed by atoms with Gasteiger partial charge in [0.2, 0.25) is 5.88 Å². The van der Waals surface area contributed by atoms with Crippen LogP contribution in [0.15, 0.2) is 115 Å². The monoisotopic (exact) mass is 545 g/mol. The maximum Gasteiger partial charge on any atom is 0.270 e. The average molecular weight is 546 g/mol. The number of hydrogen-bond donors (Lipinski definition) is 1. The van der Waals surface area contributed by atoms with E-state index in [2.05, 4.69) is 5.32 Å². The molecule has 1 aromatic heterocycles. The minimum Gasteiger partial charge on any atom is -0.457 e. The molecular formula is C32H23N3O4S. The molecule has 1 fully saturated rings. The first-order chi connectivity index (χ1) is 19.5. The fourth-order valence-corrected chi connectivity index (χ4v) is 4.87. The molecule has 1 saturated heterocycles. The second-order valence-corrected chi connectivity index (χ2v) is 9.46. The van der Waals surface area contributed by atoms with Crippen molar-refractivity contribution in [1.29, 1.82) is 0 Å². The number of benzene rings is 4. The van der Waals surface area contributed by atoms with Crippen molar-refractivity contribution in [2.24, 2.45) is 7.05 Å². The molecule has 6 rings (SSSR count). The van der Waals surface area contributed by atoms with E-state index in [0.717, 1.165) is 10.9 Å². The van der Waals surface area contributed by atoms with Gasteiger partial charge in [-0.25, -0.2) is 0 Å². The summed E-state index contributed by atoms with van der Waals surface area (Å²) < 4.78 is 14.0. The summed E-state index contributed by atoms with van der Waals surface area (Å²) >= 11 is 5.40. The van der Waals surface area contributed by atoms with Crippen molar-refractivity contribution in [2.45, 2.75) is 0 Å². The van der Waals surface area contributed by atoms with Crippen LogP contribution in [-0.2, 0) is 16.6 Å². The molecule has 0 bridgehead atoms. The maximum atomic E-state index is 13.8. The number of hydrogen-bond acceptors (Lipinski definition) is 5. The van der Waals surface area contributed by atoms with E-state index in [-0.39, 0.29) is 10.7 Å². The summed E-state index contributed by atoms with van der Waals surface area (Å²) in [5, 5.41) is 3.50.